The minimum absolute atomic E-state index is 0.00902. The highest BCUT2D eigenvalue weighted by atomic mass is 79.9. The third-order valence-electron chi connectivity index (χ3n) is 3.08. The minimum Gasteiger partial charge on any atom is -0.483 e. The van der Waals surface area contributed by atoms with Gasteiger partial charge in [-0.1, -0.05) is 6.07 Å². The first kappa shape index (κ1) is 14.8. The highest BCUT2D eigenvalue weighted by Gasteiger charge is 2.19. The lowest BCUT2D eigenvalue weighted by atomic mass is 10.1. The van der Waals surface area contributed by atoms with Gasteiger partial charge in [0.2, 0.25) is 5.91 Å². The third kappa shape index (κ3) is 4.23. The van der Waals surface area contributed by atoms with Crippen LogP contribution in [0.25, 0.3) is 0 Å². The van der Waals surface area contributed by atoms with Crippen LogP contribution in [0.4, 0.5) is 0 Å². The van der Waals surface area contributed by atoms with E-state index in [9.17, 15) is 9.59 Å². The Hall–Kier alpha value is -1.56. The smallest absolute Gasteiger partial charge is 0.258 e. The van der Waals surface area contributed by atoms with Gasteiger partial charge < -0.3 is 15.4 Å². The Kier molecular flexibility index (Phi) is 5.00. The largest absolute Gasteiger partial charge is 0.483 e. The molecule has 108 valence electrons. The topological polar surface area (TPSA) is 67.4 Å². The number of ether oxygens (including phenoxy) is 1. The fourth-order valence-corrected chi connectivity index (χ4v) is 2.60. The molecule has 1 fully saturated rings. The third-order valence-corrected chi connectivity index (χ3v) is 3.70. The fraction of sp³-hybridized carbons (Fsp3) is 0.429. The number of carbonyl (C=O) groups is 2. The zero-order chi connectivity index (χ0) is 14.5. The van der Waals surface area contributed by atoms with Gasteiger partial charge in [0, 0.05) is 19.0 Å². The SMILES string of the molecule is Cc1ccc(OCC(=O)NC2CCC(=O)NC2)c(Br)c1. The molecule has 0 saturated carbocycles. The molecule has 1 aliphatic heterocycles. The van der Waals surface area contributed by atoms with E-state index in [1.807, 2.05) is 25.1 Å². The Bertz CT molecular complexity index is 509. The van der Waals surface area contributed by atoms with E-state index in [4.69, 9.17) is 4.74 Å². The molecule has 1 unspecified atom stereocenters. The maximum absolute atomic E-state index is 11.8. The van der Waals surface area contributed by atoms with Gasteiger partial charge in [0.15, 0.2) is 6.61 Å². The molecule has 1 saturated heterocycles. The molecular weight excluding hydrogens is 324 g/mol. The molecule has 6 heteroatoms. The summed E-state index contributed by atoms with van der Waals surface area (Å²) in [5.74, 6) is 0.497. The van der Waals surface area contributed by atoms with E-state index < -0.39 is 0 Å². The molecule has 1 aliphatic rings. The number of amides is 2. The van der Waals surface area contributed by atoms with Crippen molar-refractivity contribution in [2.24, 2.45) is 0 Å². The number of piperidine rings is 1. The van der Waals surface area contributed by atoms with Crippen molar-refractivity contribution in [2.45, 2.75) is 25.8 Å². The predicted octanol–water partition coefficient (Wildman–Crippen LogP) is 1.53. The Morgan fingerprint density at radius 3 is 3.00 bits per heavy atom. The number of halogens is 1. The number of hydrogen-bond donors (Lipinski definition) is 2. The van der Waals surface area contributed by atoms with Crippen LogP contribution in [-0.2, 0) is 9.59 Å². The summed E-state index contributed by atoms with van der Waals surface area (Å²) in [7, 11) is 0. The van der Waals surface area contributed by atoms with Crippen LogP contribution in [0.15, 0.2) is 22.7 Å². The number of hydrogen-bond acceptors (Lipinski definition) is 3. The number of carbonyl (C=O) groups excluding carboxylic acids is 2. The molecule has 20 heavy (non-hydrogen) atoms. The van der Waals surface area contributed by atoms with E-state index in [-0.39, 0.29) is 24.5 Å². The molecule has 1 heterocycles. The van der Waals surface area contributed by atoms with E-state index in [0.29, 0.717) is 25.1 Å². The summed E-state index contributed by atoms with van der Waals surface area (Å²) in [6.07, 6.45) is 1.13. The standard InChI is InChI=1S/C14H17BrN2O3/c1-9-2-4-12(11(15)6-9)20-8-14(19)17-10-3-5-13(18)16-7-10/h2,4,6,10H,3,5,7-8H2,1H3,(H,16,18)(H,17,19). The first-order valence-corrected chi connectivity index (χ1v) is 7.29. The van der Waals surface area contributed by atoms with Crippen molar-refractivity contribution in [1.29, 1.82) is 0 Å². The lowest BCUT2D eigenvalue weighted by Crippen LogP contribution is -2.48. The van der Waals surface area contributed by atoms with Gasteiger partial charge in [-0.25, -0.2) is 0 Å². The monoisotopic (exact) mass is 340 g/mol. The number of benzene rings is 1. The normalized spacial score (nSPS) is 18.3. The second-order valence-electron chi connectivity index (χ2n) is 4.83. The molecule has 0 spiro atoms. The summed E-state index contributed by atoms with van der Waals surface area (Å²) >= 11 is 3.40. The van der Waals surface area contributed by atoms with Gasteiger partial charge in [-0.15, -0.1) is 0 Å². The highest BCUT2D eigenvalue weighted by Crippen LogP contribution is 2.25. The van der Waals surface area contributed by atoms with Gasteiger partial charge in [-0.05, 0) is 47.0 Å². The van der Waals surface area contributed by atoms with E-state index in [2.05, 4.69) is 26.6 Å². The first-order chi connectivity index (χ1) is 9.54. The van der Waals surface area contributed by atoms with Crippen molar-refractivity contribution >= 4 is 27.7 Å². The van der Waals surface area contributed by atoms with Gasteiger partial charge in [0.05, 0.1) is 4.47 Å². The van der Waals surface area contributed by atoms with Crippen LogP contribution in [0.2, 0.25) is 0 Å². The van der Waals surface area contributed by atoms with E-state index in [0.717, 1.165) is 10.0 Å². The summed E-state index contributed by atoms with van der Waals surface area (Å²) < 4.78 is 6.30. The average Bonchev–Trinajstić information content (AvgIpc) is 2.40. The van der Waals surface area contributed by atoms with E-state index in [1.54, 1.807) is 0 Å². The van der Waals surface area contributed by atoms with Gasteiger partial charge in [-0.2, -0.15) is 0 Å². The molecule has 1 aromatic carbocycles. The van der Waals surface area contributed by atoms with Crippen molar-refractivity contribution < 1.29 is 14.3 Å². The Morgan fingerprint density at radius 1 is 1.55 bits per heavy atom. The Balaban J connectivity index is 1.78. The molecule has 0 aliphatic carbocycles. The molecule has 2 N–H and O–H groups in total. The maximum Gasteiger partial charge on any atom is 0.258 e. The highest BCUT2D eigenvalue weighted by molar-refractivity contribution is 9.10. The van der Waals surface area contributed by atoms with Crippen LogP contribution in [0.5, 0.6) is 5.75 Å². The van der Waals surface area contributed by atoms with E-state index in [1.165, 1.54) is 0 Å². The summed E-state index contributed by atoms with van der Waals surface area (Å²) in [5, 5.41) is 5.57. The maximum atomic E-state index is 11.8. The van der Waals surface area contributed by atoms with Crippen LogP contribution in [0.1, 0.15) is 18.4 Å². The van der Waals surface area contributed by atoms with Crippen molar-refractivity contribution in [3.8, 4) is 5.75 Å². The molecule has 0 radical (unpaired) electrons. The van der Waals surface area contributed by atoms with Crippen LogP contribution >= 0.6 is 15.9 Å². The van der Waals surface area contributed by atoms with Crippen molar-refractivity contribution in [3.63, 3.8) is 0 Å². The van der Waals surface area contributed by atoms with Crippen LogP contribution in [0.3, 0.4) is 0 Å². The van der Waals surface area contributed by atoms with Crippen LogP contribution < -0.4 is 15.4 Å². The Labute approximate surface area is 126 Å². The van der Waals surface area contributed by atoms with E-state index >= 15 is 0 Å². The summed E-state index contributed by atoms with van der Waals surface area (Å²) in [5.41, 5.74) is 1.12. The first-order valence-electron chi connectivity index (χ1n) is 6.49. The molecule has 1 atom stereocenters. The molecule has 0 bridgehead atoms. The second-order valence-corrected chi connectivity index (χ2v) is 5.68. The number of nitrogens with one attached hydrogen (secondary N) is 2. The van der Waals surface area contributed by atoms with Crippen molar-refractivity contribution in [2.75, 3.05) is 13.2 Å². The van der Waals surface area contributed by atoms with Gasteiger partial charge in [-0.3, -0.25) is 9.59 Å². The molecular formula is C14H17BrN2O3. The fourth-order valence-electron chi connectivity index (χ4n) is 1.99. The van der Waals surface area contributed by atoms with Gasteiger partial charge in [0.25, 0.3) is 5.91 Å². The number of aryl methyl sites for hydroxylation is 1. The molecule has 1 aromatic rings. The second kappa shape index (κ2) is 6.74. The van der Waals surface area contributed by atoms with Gasteiger partial charge in [0.1, 0.15) is 5.75 Å². The zero-order valence-corrected chi connectivity index (χ0v) is 12.8. The lowest BCUT2D eigenvalue weighted by Gasteiger charge is -2.23. The summed E-state index contributed by atoms with van der Waals surface area (Å²) in [6, 6.07) is 5.68. The zero-order valence-electron chi connectivity index (χ0n) is 11.2. The van der Waals surface area contributed by atoms with Crippen LogP contribution in [0, 0.1) is 6.92 Å². The molecule has 2 amide bonds. The van der Waals surface area contributed by atoms with Crippen molar-refractivity contribution in [1.82, 2.24) is 10.6 Å². The summed E-state index contributed by atoms with van der Waals surface area (Å²) in [4.78, 5) is 22.8. The number of rotatable bonds is 4. The van der Waals surface area contributed by atoms with Crippen LogP contribution in [-0.4, -0.2) is 31.0 Å². The minimum atomic E-state index is -0.182. The molecule has 5 nitrogen and oxygen atoms in total. The average molecular weight is 341 g/mol. The lowest BCUT2D eigenvalue weighted by molar-refractivity contribution is -0.126. The molecule has 2 rings (SSSR count). The summed E-state index contributed by atoms with van der Waals surface area (Å²) in [6.45, 7) is 2.43. The quantitative estimate of drug-likeness (QED) is 0.873. The molecule has 0 aromatic heterocycles. The van der Waals surface area contributed by atoms with Gasteiger partial charge >= 0.3 is 0 Å². The van der Waals surface area contributed by atoms with Crippen molar-refractivity contribution in [3.05, 3.63) is 28.2 Å². The Morgan fingerprint density at radius 2 is 2.35 bits per heavy atom. The predicted molar refractivity (Wildman–Crippen MR) is 78.5 cm³/mol.